The number of hydrogen-bond donors (Lipinski definition) is 2. The normalized spacial score (nSPS) is 12.1. The molecular formula is C20H24N5OS+. The highest BCUT2D eigenvalue weighted by Gasteiger charge is 2.18. The average Bonchev–Trinajstić information content (AvgIpc) is 3.16. The third-order valence-corrected chi connectivity index (χ3v) is 5.23. The van der Waals surface area contributed by atoms with Crippen LogP contribution >= 0.6 is 11.8 Å². The topological polar surface area (TPSA) is 64.2 Å². The molecule has 0 fully saturated rings. The summed E-state index contributed by atoms with van der Waals surface area (Å²) in [6.07, 6.45) is 1.66. The Bertz CT molecular complexity index is 851. The summed E-state index contributed by atoms with van der Waals surface area (Å²) < 4.78 is 1.88. The van der Waals surface area contributed by atoms with Gasteiger partial charge < -0.3 is 10.2 Å². The first-order chi connectivity index (χ1) is 13.1. The summed E-state index contributed by atoms with van der Waals surface area (Å²) >= 11 is 1.38. The molecule has 0 unspecified atom stereocenters. The Morgan fingerprint density at radius 3 is 2.44 bits per heavy atom. The van der Waals surface area contributed by atoms with Crippen LogP contribution in [-0.2, 0) is 4.79 Å². The molecule has 0 aliphatic heterocycles. The largest absolute Gasteiger partial charge is 0.349 e. The molecule has 7 heteroatoms. The summed E-state index contributed by atoms with van der Waals surface area (Å²) in [4.78, 5) is 13.6. The first kappa shape index (κ1) is 19.1. The fraction of sp³-hybridized carbons (Fsp3) is 0.250. The first-order valence-corrected chi connectivity index (χ1v) is 9.83. The third-order valence-electron chi connectivity index (χ3n) is 4.29. The van der Waals surface area contributed by atoms with Gasteiger partial charge in [0.15, 0.2) is 5.16 Å². The van der Waals surface area contributed by atoms with E-state index in [1.165, 1.54) is 22.2 Å². The Hall–Kier alpha value is -2.64. The smallest absolute Gasteiger partial charge is 0.230 e. The number of rotatable bonds is 8. The molecule has 0 saturated heterocycles. The Morgan fingerprint density at radius 2 is 1.78 bits per heavy atom. The maximum absolute atomic E-state index is 12.3. The first-order valence-electron chi connectivity index (χ1n) is 8.85. The summed E-state index contributed by atoms with van der Waals surface area (Å²) in [6.45, 7) is 0.594. The maximum atomic E-state index is 12.3. The number of benzene rings is 2. The molecule has 0 radical (unpaired) electrons. The van der Waals surface area contributed by atoms with E-state index in [9.17, 15) is 4.79 Å². The van der Waals surface area contributed by atoms with E-state index in [1.807, 2.05) is 53.1 Å². The molecule has 3 aromatic rings. The molecule has 0 spiro atoms. The van der Waals surface area contributed by atoms with Crippen molar-refractivity contribution in [3.63, 3.8) is 0 Å². The van der Waals surface area contributed by atoms with Crippen LogP contribution in [0, 0.1) is 0 Å². The lowest BCUT2D eigenvalue weighted by molar-refractivity contribution is -0.890. The minimum atomic E-state index is -0.00945. The molecule has 2 N–H and O–H groups in total. The van der Waals surface area contributed by atoms with Crippen molar-refractivity contribution in [2.75, 3.05) is 26.4 Å². The van der Waals surface area contributed by atoms with Gasteiger partial charge in [-0.1, -0.05) is 60.3 Å². The van der Waals surface area contributed by atoms with Crippen LogP contribution in [0.2, 0.25) is 0 Å². The fourth-order valence-electron chi connectivity index (χ4n) is 2.83. The standard InChI is InChI=1S/C20H23N5OS/c1-24(2)18(16-9-5-3-6-10-16)13-21-19(26)14-27-20-23-22-15-25(20)17-11-7-4-8-12-17/h3-12,15,18H,13-14H2,1-2H3,(H,21,26)/p+1/t18-/m0/s1. The van der Waals surface area contributed by atoms with E-state index in [4.69, 9.17) is 0 Å². The van der Waals surface area contributed by atoms with Crippen LogP contribution in [0.1, 0.15) is 11.6 Å². The van der Waals surface area contributed by atoms with Gasteiger partial charge in [-0.05, 0) is 12.1 Å². The summed E-state index contributed by atoms with van der Waals surface area (Å²) in [5.74, 6) is 0.292. The van der Waals surface area contributed by atoms with Crippen molar-refractivity contribution < 1.29 is 9.69 Å². The lowest BCUT2D eigenvalue weighted by Crippen LogP contribution is -3.07. The molecule has 2 aromatic carbocycles. The number of thioether (sulfide) groups is 1. The van der Waals surface area contributed by atoms with Crippen molar-refractivity contribution in [1.82, 2.24) is 20.1 Å². The minimum absolute atomic E-state index is 0.00945. The fourth-order valence-corrected chi connectivity index (χ4v) is 3.58. The van der Waals surface area contributed by atoms with Gasteiger partial charge in [0.2, 0.25) is 5.91 Å². The Balaban J connectivity index is 1.55. The molecule has 140 valence electrons. The molecular weight excluding hydrogens is 358 g/mol. The Kier molecular flexibility index (Phi) is 6.62. The number of nitrogens with one attached hydrogen (secondary N) is 2. The molecule has 6 nitrogen and oxygen atoms in total. The quantitative estimate of drug-likeness (QED) is 0.578. The van der Waals surface area contributed by atoms with Gasteiger partial charge in [-0.15, -0.1) is 10.2 Å². The molecule has 27 heavy (non-hydrogen) atoms. The van der Waals surface area contributed by atoms with Gasteiger partial charge in [-0.3, -0.25) is 9.36 Å². The highest BCUT2D eigenvalue weighted by atomic mass is 32.2. The van der Waals surface area contributed by atoms with Crippen LogP contribution in [0.25, 0.3) is 5.69 Å². The molecule has 1 heterocycles. The summed E-state index contributed by atoms with van der Waals surface area (Å²) in [7, 11) is 4.20. The second kappa shape index (κ2) is 9.34. The van der Waals surface area contributed by atoms with E-state index in [0.29, 0.717) is 17.5 Å². The Morgan fingerprint density at radius 1 is 1.11 bits per heavy atom. The summed E-state index contributed by atoms with van der Waals surface area (Å²) in [6, 6.07) is 20.3. The van der Waals surface area contributed by atoms with Gasteiger partial charge in [0.1, 0.15) is 12.4 Å². The maximum Gasteiger partial charge on any atom is 0.230 e. The second-order valence-electron chi connectivity index (χ2n) is 6.45. The predicted octanol–water partition coefficient (Wildman–Crippen LogP) is 1.36. The molecule has 1 aromatic heterocycles. The molecule has 0 bridgehead atoms. The lowest BCUT2D eigenvalue weighted by Gasteiger charge is -2.22. The van der Waals surface area contributed by atoms with Gasteiger partial charge in [-0.2, -0.15) is 0 Å². The van der Waals surface area contributed by atoms with E-state index >= 15 is 0 Å². The third kappa shape index (κ3) is 5.18. The number of aromatic nitrogens is 3. The number of para-hydroxylation sites is 1. The van der Waals surface area contributed by atoms with Crippen molar-refractivity contribution >= 4 is 17.7 Å². The van der Waals surface area contributed by atoms with E-state index < -0.39 is 0 Å². The number of likely N-dealkylation sites (N-methyl/N-ethyl adjacent to an activating group) is 1. The van der Waals surface area contributed by atoms with Gasteiger partial charge in [0, 0.05) is 11.3 Å². The number of amides is 1. The zero-order valence-corrected chi connectivity index (χ0v) is 16.3. The van der Waals surface area contributed by atoms with Crippen LogP contribution in [0.15, 0.2) is 72.1 Å². The van der Waals surface area contributed by atoms with E-state index in [1.54, 1.807) is 6.33 Å². The number of carbonyl (C=O) groups is 1. The van der Waals surface area contributed by atoms with Crippen LogP contribution in [0.4, 0.5) is 0 Å². The van der Waals surface area contributed by atoms with E-state index in [0.717, 1.165) is 5.69 Å². The molecule has 0 aliphatic rings. The number of nitrogens with zero attached hydrogens (tertiary/aromatic N) is 3. The van der Waals surface area contributed by atoms with Crippen molar-refractivity contribution in [1.29, 1.82) is 0 Å². The van der Waals surface area contributed by atoms with Crippen molar-refractivity contribution in [3.05, 3.63) is 72.6 Å². The second-order valence-corrected chi connectivity index (χ2v) is 7.39. The minimum Gasteiger partial charge on any atom is -0.349 e. The predicted molar refractivity (Wildman–Crippen MR) is 107 cm³/mol. The monoisotopic (exact) mass is 382 g/mol. The zero-order chi connectivity index (χ0) is 19.1. The van der Waals surface area contributed by atoms with Crippen molar-refractivity contribution in [2.45, 2.75) is 11.2 Å². The van der Waals surface area contributed by atoms with Crippen molar-refractivity contribution in [3.8, 4) is 5.69 Å². The number of hydrogen-bond acceptors (Lipinski definition) is 4. The van der Waals surface area contributed by atoms with Crippen LogP contribution in [0.3, 0.4) is 0 Å². The molecule has 0 aliphatic carbocycles. The van der Waals surface area contributed by atoms with Gasteiger partial charge in [0.05, 0.1) is 26.4 Å². The lowest BCUT2D eigenvalue weighted by atomic mass is 10.1. The van der Waals surface area contributed by atoms with Gasteiger partial charge in [-0.25, -0.2) is 0 Å². The van der Waals surface area contributed by atoms with Crippen LogP contribution in [-0.4, -0.2) is 47.1 Å². The number of quaternary nitrogens is 1. The number of carbonyl (C=O) groups excluding carboxylic acids is 1. The molecule has 1 atom stereocenters. The molecule has 0 saturated carbocycles. The van der Waals surface area contributed by atoms with Crippen molar-refractivity contribution in [2.24, 2.45) is 0 Å². The van der Waals surface area contributed by atoms with Gasteiger partial charge >= 0.3 is 0 Å². The Labute approximate surface area is 163 Å². The van der Waals surface area contributed by atoms with Gasteiger partial charge in [0.25, 0.3) is 0 Å². The molecule has 3 rings (SSSR count). The van der Waals surface area contributed by atoms with Crippen LogP contribution < -0.4 is 10.2 Å². The highest BCUT2D eigenvalue weighted by molar-refractivity contribution is 7.99. The van der Waals surface area contributed by atoms with Crippen LogP contribution in [0.5, 0.6) is 0 Å². The SMILES string of the molecule is C[NH+](C)[C@@H](CNC(=O)CSc1nncn1-c1ccccc1)c1ccccc1. The van der Waals surface area contributed by atoms with E-state index in [-0.39, 0.29) is 11.9 Å². The summed E-state index contributed by atoms with van der Waals surface area (Å²) in [5.41, 5.74) is 2.19. The average molecular weight is 383 g/mol. The zero-order valence-electron chi connectivity index (χ0n) is 15.5. The summed E-state index contributed by atoms with van der Waals surface area (Å²) in [5, 5.41) is 11.8. The van der Waals surface area contributed by atoms with E-state index in [2.05, 4.69) is 41.7 Å². The molecule has 1 amide bonds. The highest BCUT2D eigenvalue weighted by Crippen LogP contribution is 2.19.